The highest BCUT2D eigenvalue weighted by Gasteiger charge is 2.28. The Kier molecular flexibility index (Phi) is 3.93. The SMILES string of the molecule is CCNCC1CCCCC1c1cnnn1C. The van der Waals surface area contributed by atoms with Crippen LogP contribution in [0.4, 0.5) is 0 Å². The van der Waals surface area contributed by atoms with Crippen LogP contribution in [0.5, 0.6) is 0 Å². The van der Waals surface area contributed by atoms with Crippen LogP contribution in [-0.2, 0) is 7.05 Å². The summed E-state index contributed by atoms with van der Waals surface area (Å²) < 4.78 is 1.94. The molecule has 4 nitrogen and oxygen atoms in total. The number of hydrogen-bond acceptors (Lipinski definition) is 3. The van der Waals surface area contributed by atoms with Gasteiger partial charge in [-0.3, -0.25) is 4.68 Å². The number of rotatable bonds is 4. The Morgan fingerprint density at radius 2 is 2.25 bits per heavy atom. The molecule has 1 aromatic heterocycles. The zero-order valence-corrected chi connectivity index (χ0v) is 10.3. The van der Waals surface area contributed by atoms with Crippen LogP contribution in [-0.4, -0.2) is 28.1 Å². The molecule has 0 spiro atoms. The van der Waals surface area contributed by atoms with E-state index >= 15 is 0 Å². The van der Waals surface area contributed by atoms with Crippen molar-refractivity contribution in [1.82, 2.24) is 20.3 Å². The maximum atomic E-state index is 4.05. The van der Waals surface area contributed by atoms with Crippen molar-refractivity contribution in [3.63, 3.8) is 0 Å². The van der Waals surface area contributed by atoms with Gasteiger partial charge in [0.25, 0.3) is 0 Å². The third-order valence-corrected chi connectivity index (χ3v) is 3.69. The van der Waals surface area contributed by atoms with Crippen molar-refractivity contribution in [2.24, 2.45) is 13.0 Å². The maximum Gasteiger partial charge on any atom is 0.0728 e. The molecule has 0 bridgehead atoms. The molecule has 0 aromatic carbocycles. The molecule has 2 atom stereocenters. The molecule has 1 N–H and O–H groups in total. The van der Waals surface area contributed by atoms with E-state index in [-0.39, 0.29) is 0 Å². The topological polar surface area (TPSA) is 42.7 Å². The summed E-state index contributed by atoms with van der Waals surface area (Å²) >= 11 is 0. The van der Waals surface area contributed by atoms with Crippen LogP contribution >= 0.6 is 0 Å². The fourth-order valence-electron chi connectivity index (χ4n) is 2.80. The Hall–Kier alpha value is -0.900. The third kappa shape index (κ3) is 2.43. The minimum Gasteiger partial charge on any atom is -0.317 e. The predicted octanol–water partition coefficient (Wildman–Crippen LogP) is 1.70. The summed E-state index contributed by atoms with van der Waals surface area (Å²) in [5.74, 6) is 1.40. The van der Waals surface area contributed by atoms with Crippen molar-refractivity contribution in [3.05, 3.63) is 11.9 Å². The van der Waals surface area contributed by atoms with E-state index in [4.69, 9.17) is 0 Å². The predicted molar refractivity (Wildman–Crippen MR) is 64.2 cm³/mol. The van der Waals surface area contributed by atoms with Crippen LogP contribution in [0, 0.1) is 5.92 Å². The summed E-state index contributed by atoms with van der Waals surface area (Å²) in [6, 6.07) is 0. The molecule has 1 fully saturated rings. The van der Waals surface area contributed by atoms with Crippen LogP contribution in [0.2, 0.25) is 0 Å². The Bertz CT molecular complexity index is 321. The smallest absolute Gasteiger partial charge is 0.0728 e. The molecule has 1 aromatic rings. The Morgan fingerprint density at radius 3 is 2.94 bits per heavy atom. The summed E-state index contributed by atoms with van der Waals surface area (Å²) in [6.07, 6.45) is 7.28. The molecule has 4 heteroatoms. The van der Waals surface area contributed by atoms with E-state index in [1.807, 2.05) is 17.9 Å². The molecule has 90 valence electrons. The van der Waals surface area contributed by atoms with Crippen molar-refractivity contribution >= 4 is 0 Å². The average Bonchev–Trinajstić information content (AvgIpc) is 2.73. The largest absolute Gasteiger partial charge is 0.317 e. The molecule has 1 aliphatic rings. The van der Waals surface area contributed by atoms with Gasteiger partial charge in [0.1, 0.15) is 0 Å². The van der Waals surface area contributed by atoms with E-state index in [1.165, 1.54) is 31.4 Å². The minimum atomic E-state index is 0.646. The van der Waals surface area contributed by atoms with Gasteiger partial charge in [0.2, 0.25) is 0 Å². The summed E-state index contributed by atoms with van der Waals surface area (Å²) in [7, 11) is 2.00. The van der Waals surface area contributed by atoms with E-state index in [0.717, 1.165) is 19.0 Å². The van der Waals surface area contributed by atoms with Crippen molar-refractivity contribution in [1.29, 1.82) is 0 Å². The van der Waals surface area contributed by atoms with E-state index in [1.54, 1.807) is 0 Å². The van der Waals surface area contributed by atoms with Gasteiger partial charge in [-0.25, -0.2) is 0 Å². The normalized spacial score (nSPS) is 25.9. The summed E-state index contributed by atoms with van der Waals surface area (Å²) in [6.45, 7) is 4.36. The molecule has 0 saturated heterocycles. The molecular formula is C12H22N4. The lowest BCUT2D eigenvalue weighted by atomic mass is 9.77. The van der Waals surface area contributed by atoms with Gasteiger partial charge in [-0.1, -0.05) is 25.0 Å². The van der Waals surface area contributed by atoms with Gasteiger partial charge in [-0.2, -0.15) is 0 Å². The van der Waals surface area contributed by atoms with Gasteiger partial charge in [0.15, 0.2) is 0 Å². The van der Waals surface area contributed by atoms with Crippen molar-refractivity contribution < 1.29 is 0 Å². The second-order valence-corrected chi connectivity index (χ2v) is 4.74. The molecular weight excluding hydrogens is 200 g/mol. The first-order chi connectivity index (χ1) is 7.83. The van der Waals surface area contributed by atoms with Crippen LogP contribution in [0.1, 0.15) is 44.2 Å². The van der Waals surface area contributed by atoms with Crippen molar-refractivity contribution in [2.45, 2.75) is 38.5 Å². The number of nitrogens with one attached hydrogen (secondary N) is 1. The molecule has 0 radical (unpaired) electrons. The first kappa shape index (κ1) is 11.6. The number of nitrogens with zero attached hydrogens (tertiary/aromatic N) is 3. The lowest BCUT2D eigenvalue weighted by molar-refractivity contribution is 0.287. The summed E-state index contributed by atoms with van der Waals surface area (Å²) in [5.41, 5.74) is 1.31. The van der Waals surface area contributed by atoms with E-state index in [9.17, 15) is 0 Å². The molecule has 0 amide bonds. The molecule has 1 heterocycles. The summed E-state index contributed by atoms with van der Waals surface area (Å²) in [5, 5.41) is 11.5. The zero-order chi connectivity index (χ0) is 11.4. The van der Waals surface area contributed by atoms with Crippen LogP contribution in [0.3, 0.4) is 0 Å². The highest BCUT2D eigenvalue weighted by Crippen LogP contribution is 2.36. The summed E-state index contributed by atoms with van der Waals surface area (Å²) in [4.78, 5) is 0. The number of aromatic nitrogens is 3. The molecule has 2 rings (SSSR count). The van der Waals surface area contributed by atoms with Crippen LogP contribution in [0.25, 0.3) is 0 Å². The van der Waals surface area contributed by atoms with Gasteiger partial charge in [0, 0.05) is 13.0 Å². The van der Waals surface area contributed by atoms with E-state index < -0.39 is 0 Å². The van der Waals surface area contributed by atoms with Gasteiger partial charge < -0.3 is 5.32 Å². The maximum absolute atomic E-state index is 4.05. The fraction of sp³-hybridized carbons (Fsp3) is 0.833. The number of hydrogen-bond donors (Lipinski definition) is 1. The molecule has 16 heavy (non-hydrogen) atoms. The van der Waals surface area contributed by atoms with Crippen LogP contribution in [0.15, 0.2) is 6.20 Å². The van der Waals surface area contributed by atoms with Crippen molar-refractivity contribution in [3.8, 4) is 0 Å². The third-order valence-electron chi connectivity index (χ3n) is 3.69. The Morgan fingerprint density at radius 1 is 1.44 bits per heavy atom. The van der Waals surface area contributed by atoms with Crippen LogP contribution < -0.4 is 5.32 Å². The minimum absolute atomic E-state index is 0.646. The molecule has 1 aliphatic carbocycles. The Labute approximate surface area is 97.4 Å². The molecule has 1 saturated carbocycles. The lowest BCUT2D eigenvalue weighted by Crippen LogP contribution is -2.30. The first-order valence-electron chi connectivity index (χ1n) is 6.38. The number of aryl methyl sites for hydroxylation is 1. The average molecular weight is 222 g/mol. The van der Waals surface area contributed by atoms with Gasteiger partial charge >= 0.3 is 0 Å². The zero-order valence-electron chi connectivity index (χ0n) is 10.3. The van der Waals surface area contributed by atoms with Gasteiger partial charge in [0.05, 0.1) is 11.9 Å². The lowest BCUT2D eigenvalue weighted by Gasteiger charge is -2.31. The Balaban J connectivity index is 2.07. The quantitative estimate of drug-likeness (QED) is 0.843. The van der Waals surface area contributed by atoms with E-state index in [2.05, 4.69) is 22.6 Å². The molecule has 0 aliphatic heterocycles. The standard InChI is InChI=1S/C12H22N4/c1-3-13-8-10-6-4-5-7-11(10)12-9-14-15-16(12)2/h9-11,13H,3-8H2,1-2H3. The van der Waals surface area contributed by atoms with Gasteiger partial charge in [-0.05, 0) is 31.8 Å². The van der Waals surface area contributed by atoms with Gasteiger partial charge in [-0.15, -0.1) is 5.10 Å². The highest BCUT2D eigenvalue weighted by molar-refractivity contribution is 5.06. The first-order valence-corrected chi connectivity index (χ1v) is 6.38. The highest BCUT2D eigenvalue weighted by atomic mass is 15.4. The monoisotopic (exact) mass is 222 g/mol. The van der Waals surface area contributed by atoms with E-state index in [0.29, 0.717) is 5.92 Å². The second kappa shape index (κ2) is 5.43. The second-order valence-electron chi connectivity index (χ2n) is 4.74. The fourth-order valence-corrected chi connectivity index (χ4v) is 2.80. The van der Waals surface area contributed by atoms with Crippen molar-refractivity contribution in [2.75, 3.05) is 13.1 Å². The molecule has 2 unspecified atom stereocenters.